The number of nitrogens with one attached hydrogen (secondary N) is 2. The minimum Gasteiger partial charge on any atom is -0.396 e. The van der Waals surface area contributed by atoms with E-state index in [1.54, 1.807) is 4.90 Å². The molecule has 2 aromatic rings. The maximum absolute atomic E-state index is 14.0. The van der Waals surface area contributed by atoms with Crippen LogP contribution in [0.25, 0.3) is 0 Å². The van der Waals surface area contributed by atoms with Crippen molar-refractivity contribution in [2.24, 2.45) is 11.8 Å². The van der Waals surface area contributed by atoms with Gasteiger partial charge in [-0.25, -0.2) is 0 Å². The fourth-order valence-corrected chi connectivity index (χ4v) is 7.00. The molecule has 2 aromatic carbocycles. The van der Waals surface area contributed by atoms with Crippen LogP contribution in [0.15, 0.2) is 48.5 Å². The molecule has 3 saturated heterocycles. The van der Waals surface area contributed by atoms with E-state index < -0.39 is 29.1 Å². The summed E-state index contributed by atoms with van der Waals surface area (Å²) in [7, 11) is 0. The van der Waals surface area contributed by atoms with Gasteiger partial charge in [0.2, 0.25) is 17.7 Å². The molecule has 202 valence electrons. The Hall–Kier alpha value is -3.23. The predicted octanol–water partition coefficient (Wildman–Crippen LogP) is 3.10. The molecule has 1 spiro atoms. The lowest BCUT2D eigenvalue weighted by Crippen LogP contribution is -2.53. The van der Waals surface area contributed by atoms with Crippen LogP contribution < -0.4 is 10.6 Å². The molecule has 5 rings (SSSR count). The minimum atomic E-state index is -1.09. The highest BCUT2D eigenvalue weighted by Gasteiger charge is 2.78. The third kappa shape index (κ3) is 4.10. The fraction of sp³-hybridized carbons (Fsp3) is 0.500. The van der Waals surface area contributed by atoms with Crippen molar-refractivity contribution in [1.82, 2.24) is 10.2 Å². The van der Waals surface area contributed by atoms with Crippen molar-refractivity contribution in [3.05, 3.63) is 65.2 Å². The third-order valence-electron chi connectivity index (χ3n) is 8.81. The minimum absolute atomic E-state index is 0.104. The van der Waals surface area contributed by atoms with E-state index in [1.165, 1.54) is 0 Å². The lowest BCUT2D eigenvalue weighted by atomic mass is 9.65. The lowest BCUT2D eigenvalue weighted by molar-refractivity contribution is -0.146. The number of aryl methyl sites for hydroxylation is 2. The lowest BCUT2D eigenvalue weighted by Gasteiger charge is -2.34. The van der Waals surface area contributed by atoms with Crippen LogP contribution in [-0.2, 0) is 25.7 Å². The fourth-order valence-electron chi connectivity index (χ4n) is 7.00. The second-order valence-electron chi connectivity index (χ2n) is 10.9. The number of para-hydroxylation sites is 1. The van der Waals surface area contributed by atoms with Crippen molar-refractivity contribution >= 4 is 23.4 Å². The summed E-state index contributed by atoms with van der Waals surface area (Å²) in [4.78, 5) is 43.3. The van der Waals surface area contributed by atoms with E-state index in [0.29, 0.717) is 32.2 Å². The number of nitrogens with zero attached hydrogens (tertiary/aromatic N) is 1. The topological polar surface area (TPSA) is 108 Å². The van der Waals surface area contributed by atoms with Gasteiger partial charge in [0.15, 0.2) is 0 Å². The summed E-state index contributed by atoms with van der Waals surface area (Å²) in [6.45, 7) is 6.33. The highest BCUT2D eigenvalue weighted by atomic mass is 16.5. The molecule has 3 amide bonds. The summed E-state index contributed by atoms with van der Waals surface area (Å²) in [5, 5.41) is 15.7. The first-order valence-electron chi connectivity index (χ1n) is 13.6. The molecule has 3 aliphatic heterocycles. The SMILES string of the molecule is CC[C@@]12CCC3(O1)C(C(=O)Nc1c(C)cccc1C)N(CCCO)C(=O)[C@@H]3[C@@H]2C(=O)NCc1ccccc1. The zero-order valence-electron chi connectivity index (χ0n) is 22.3. The van der Waals surface area contributed by atoms with E-state index in [1.807, 2.05) is 69.3 Å². The molecule has 3 heterocycles. The Morgan fingerprint density at radius 3 is 2.42 bits per heavy atom. The van der Waals surface area contributed by atoms with Crippen LogP contribution in [0.5, 0.6) is 0 Å². The van der Waals surface area contributed by atoms with Crippen molar-refractivity contribution in [3.8, 4) is 0 Å². The Bertz CT molecular complexity index is 1210. The maximum atomic E-state index is 14.0. The number of benzene rings is 2. The van der Waals surface area contributed by atoms with Gasteiger partial charge in [-0.05, 0) is 56.2 Å². The van der Waals surface area contributed by atoms with Crippen LogP contribution in [-0.4, -0.2) is 58.1 Å². The monoisotopic (exact) mass is 519 g/mol. The van der Waals surface area contributed by atoms with Crippen molar-refractivity contribution in [1.29, 1.82) is 0 Å². The number of carbonyl (C=O) groups excluding carboxylic acids is 3. The smallest absolute Gasteiger partial charge is 0.250 e. The number of hydrogen-bond donors (Lipinski definition) is 3. The molecule has 0 aromatic heterocycles. The predicted molar refractivity (Wildman–Crippen MR) is 143 cm³/mol. The molecule has 0 aliphatic carbocycles. The van der Waals surface area contributed by atoms with Crippen molar-refractivity contribution in [2.45, 2.75) is 70.2 Å². The molecule has 2 unspecified atom stereocenters. The number of rotatable bonds is 9. The van der Waals surface area contributed by atoms with Crippen LogP contribution in [0.2, 0.25) is 0 Å². The molecule has 2 bridgehead atoms. The summed E-state index contributed by atoms with van der Waals surface area (Å²) >= 11 is 0. The summed E-state index contributed by atoms with van der Waals surface area (Å²) in [5.74, 6) is -2.21. The highest BCUT2D eigenvalue weighted by Crippen LogP contribution is 2.64. The molecule has 0 saturated carbocycles. The Labute approximate surface area is 223 Å². The maximum Gasteiger partial charge on any atom is 0.250 e. The second kappa shape index (κ2) is 10.2. The average molecular weight is 520 g/mol. The zero-order valence-corrected chi connectivity index (χ0v) is 22.3. The van der Waals surface area contributed by atoms with Crippen LogP contribution in [0.3, 0.4) is 0 Å². The van der Waals surface area contributed by atoms with Gasteiger partial charge >= 0.3 is 0 Å². The molecule has 0 radical (unpaired) electrons. The second-order valence-corrected chi connectivity index (χ2v) is 10.9. The number of hydrogen-bond acceptors (Lipinski definition) is 5. The molecule has 8 nitrogen and oxygen atoms in total. The van der Waals surface area contributed by atoms with Crippen molar-refractivity contribution < 1.29 is 24.2 Å². The summed E-state index contributed by atoms with van der Waals surface area (Å²) < 4.78 is 6.77. The molecule has 38 heavy (non-hydrogen) atoms. The number of anilines is 1. The van der Waals surface area contributed by atoms with Gasteiger partial charge in [0.1, 0.15) is 11.6 Å². The number of aliphatic hydroxyl groups is 1. The van der Waals surface area contributed by atoms with E-state index in [0.717, 1.165) is 22.4 Å². The van der Waals surface area contributed by atoms with Crippen LogP contribution in [0.1, 0.15) is 49.3 Å². The largest absolute Gasteiger partial charge is 0.396 e. The number of fused-ring (bicyclic) bond motifs is 1. The summed E-state index contributed by atoms with van der Waals surface area (Å²) in [5.41, 5.74) is 1.68. The van der Waals surface area contributed by atoms with E-state index >= 15 is 0 Å². The first kappa shape index (κ1) is 26.4. The van der Waals surface area contributed by atoms with Gasteiger partial charge < -0.3 is 25.4 Å². The van der Waals surface area contributed by atoms with Gasteiger partial charge in [-0.15, -0.1) is 0 Å². The Morgan fingerprint density at radius 2 is 1.76 bits per heavy atom. The first-order valence-corrected chi connectivity index (χ1v) is 13.6. The van der Waals surface area contributed by atoms with E-state index in [-0.39, 0.29) is 30.9 Å². The average Bonchev–Trinajstić information content (AvgIpc) is 3.52. The van der Waals surface area contributed by atoms with Gasteiger partial charge in [-0.1, -0.05) is 55.5 Å². The molecule has 3 aliphatic rings. The molecule has 3 fully saturated rings. The molecular weight excluding hydrogens is 482 g/mol. The zero-order chi connectivity index (χ0) is 27.1. The van der Waals surface area contributed by atoms with E-state index in [9.17, 15) is 19.5 Å². The first-order chi connectivity index (χ1) is 18.3. The summed E-state index contributed by atoms with van der Waals surface area (Å²) in [6.07, 6.45) is 2.05. The number of aliphatic hydroxyl groups excluding tert-OH is 1. The Kier molecular flexibility index (Phi) is 7.05. The molecule has 3 N–H and O–H groups in total. The van der Waals surface area contributed by atoms with E-state index in [4.69, 9.17) is 4.74 Å². The van der Waals surface area contributed by atoms with Crippen molar-refractivity contribution in [3.63, 3.8) is 0 Å². The van der Waals surface area contributed by atoms with Crippen LogP contribution in [0, 0.1) is 25.7 Å². The number of amides is 3. The van der Waals surface area contributed by atoms with Gasteiger partial charge in [0, 0.05) is 25.4 Å². The molecule has 8 heteroatoms. The quantitative estimate of drug-likeness (QED) is 0.472. The molecular formula is C30H37N3O5. The number of likely N-dealkylation sites (tertiary alicyclic amines) is 1. The molecule has 5 atom stereocenters. The third-order valence-corrected chi connectivity index (χ3v) is 8.81. The van der Waals surface area contributed by atoms with Gasteiger partial charge in [-0.2, -0.15) is 0 Å². The van der Waals surface area contributed by atoms with Gasteiger partial charge in [0.05, 0.1) is 17.4 Å². The van der Waals surface area contributed by atoms with Crippen molar-refractivity contribution in [2.75, 3.05) is 18.5 Å². The van der Waals surface area contributed by atoms with Crippen LogP contribution in [0.4, 0.5) is 5.69 Å². The highest BCUT2D eigenvalue weighted by molar-refractivity contribution is 6.04. The number of ether oxygens (including phenoxy) is 1. The van der Waals surface area contributed by atoms with Crippen LogP contribution >= 0.6 is 0 Å². The normalized spacial score (nSPS) is 29.4. The Morgan fingerprint density at radius 1 is 1.05 bits per heavy atom. The Balaban J connectivity index is 1.49. The van der Waals surface area contributed by atoms with Gasteiger partial charge in [-0.3, -0.25) is 14.4 Å². The number of carbonyl (C=O) groups is 3. The standard InChI is InChI=1S/C30H37N3O5/c1-4-29-14-15-30(38-29)23(22(29)26(35)31-18-21-12-6-5-7-13-21)28(37)33(16-9-17-34)25(30)27(36)32-24-19(2)10-8-11-20(24)3/h5-8,10-13,22-23,25,34H,4,9,14-18H2,1-3H3,(H,31,35)(H,32,36)/t22-,23+,25?,29+,30?/m1/s1. The van der Waals surface area contributed by atoms with E-state index in [2.05, 4.69) is 10.6 Å². The van der Waals surface area contributed by atoms with Gasteiger partial charge in [0.25, 0.3) is 0 Å². The summed E-state index contributed by atoms with van der Waals surface area (Å²) in [6, 6.07) is 14.6.